The lowest BCUT2D eigenvalue weighted by atomic mass is 9.95. The summed E-state index contributed by atoms with van der Waals surface area (Å²) >= 11 is 0. The molecule has 7 nitrogen and oxygen atoms in total. The summed E-state index contributed by atoms with van der Waals surface area (Å²) in [6.45, 7) is 3.91. The first-order chi connectivity index (χ1) is 20.5. The van der Waals surface area contributed by atoms with Gasteiger partial charge < -0.3 is 19.2 Å². The van der Waals surface area contributed by atoms with Gasteiger partial charge in [-0.2, -0.15) is 0 Å². The van der Waals surface area contributed by atoms with Gasteiger partial charge in [0.05, 0.1) is 10.8 Å². The molecule has 7 rings (SSSR count). The van der Waals surface area contributed by atoms with Crippen molar-refractivity contribution in [2.75, 3.05) is 31.9 Å². The van der Waals surface area contributed by atoms with E-state index in [1.54, 1.807) is 13.3 Å². The first-order valence-corrected chi connectivity index (χ1v) is 14.8. The fourth-order valence-corrected chi connectivity index (χ4v) is 6.66. The van der Waals surface area contributed by atoms with Crippen LogP contribution in [0.15, 0.2) is 36.5 Å². The quantitative estimate of drug-likeness (QED) is 0.153. The normalized spacial score (nSPS) is 20.4. The van der Waals surface area contributed by atoms with Crippen molar-refractivity contribution in [2.24, 2.45) is 17.3 Å². The van der Waals surface area contributed by atoms with E-state index in [2.05, 4.69) is 34.7 Å². The lowest BCUT2D eigenvalue weighted by molar-refractivity contribution is -0.110. The second-order valence-corrected chi connectivity index (χ2v) is 11.9. The van der Waals surface area contributed by atoms with Crippen LogP contribution in [0.5, 0.6) is 5.75 Å². The van der Waals surface area contributed by atoms with Crippen LogP contribution in [0.1, 0.15) is 50.4 Å². The summed E-state index contributed by atoms with van der Waals surface area (Å²) in [4.78, 5) is 28.0. The molecule has 214 valence electrons. The average Bonchev–Trinajstić information content (AvgIpc) is 3.73. The van der Waals surface area contributed by atoms with Crippen molar-refractivity contribution in [2.45, 2.75) is 45.4 Å². The zero-order valence-electron chi connectivity index (χ0n) is 24.0. The molecule has 8 heteroatoms. The molecule has 4 aromatic rings. The smallest absolute Gasteiger partial charge is 0.207 e. The Bertz CT molecular complexity index is 1760. The van der Waals surface area contributed by atoms with Crippen LogP contribution < -0.4 is 9.64 Å². The maximum atomic E-state index is 16.8. The predicted octanol–water partition coefficient (Wildman–Crippen LogP) is 6.10. The molecular weight excluding hydrogens is 531 g/mol. The molecule has 42 heavy (non-hydrogen) atoms. The fraction of sp³-hybridized carbons (Fsp3) is 0.412. The Morgan fingerprint density at radius 1 is 1.17 bits per heavy atom. The Balaban J connectivity index is 1.43. The number of hydrogen-bond acceptors (Lipinski definition) is 7. The highest BCUT2D eigenvalue weighted by Gasteiger charge is 2.41. The van der Waals surface area contributed by atoms with Crippen LogP contribution in [0.2, 0.25) is 0 Å². The number of halogens is 1. The molecular formula is C34H33FN4O3. The van der Waals surface area contributed by atoms with E-state index < -0.39 is 11.2 Å². The molecule has 1 saturated heterocycles. The molecule has 0 amide bonds. The Morgan fingerprint density at radius 2 is 1.98 bits per heavy atom. The number of benzene rings is 2. The zero-order valence-corrected chi connectivity index (χ0v) is 24.0. The number of aryl methyl sites for hydroxylation is 1. The molecule has 2 aromatic heterocycles. The highest BCUT2D eigenvalue weighted by Crippen LogP contribution is 2.43. The number of nitrogens with zero attached hydrogens (tertiary/aromatic N) is 4. The minimum Gasteiger partial charge on any atom is -0.468 e. The molecule has 2 atom stereocenters. The van der Waals surface area contributed by atoms with E-state index in [1.165, 1.54) is 19.3 Å². The number of carbonyl (C=O) groups excluding carboxylic acids is 1. The predicted molar refractivity (Wildman–Crippen MR) is 160 cm³/mol. The lowest BCUT2D eigenvalue weighted by Crippen LogP contribution is -2.37. The molecule has 2 unspecified atom stereocenters. The van der Waals surface area contributed by atoms with E-state index in [0.29, 0.717) is 34.4 Å². The molecule has 0 radical (unpaired) electrons. The summed E-state index contributed by atoms with van der Waals surface area (Å²) in [5.74, 6) is 8.26. The van der Waals surface area contributed by atoms with Crippen molar-refractivity contribution in [3.05, 3.63) is 53.7 Å². The van der Waals surface area contributed by atoms with Gasteiger partial charge in [0.2, 0.25) is 5.82 Å². The first-order valence-electron chi connectivity index (χ1n) is 14.8. The molecule has 2 aliphatic carbocycles. The van der Waals surface area contributed by atoms with Gasteiger partial charge in [-0.25, -0.2) is 14.4 Å². The standard InChI is InChI=1S/C34H33FN4O3/c1-3-23-5-4-6-24-14-25(42-20-41-2)15-26(29(23)24)31-30(35)32-27(16-36-31)33(39-17-21-7-8-22(13-21)18-39)38-28(37-32)9-10-34(19-40)11-12-34/h4-6,14-16,19,21-22H,3,7-8,11-13,17-18,20H2,1-2H3. The molecule has 3 heterocycles. The summed E-state index contributed by atoms with van der Waals surface area (Å²) in [6, 6.07) is 9.81. The van der Waals surface area contributed by atoms with Crippen LogP contribution in [0.4, 0.5) is 10.2 Å². The number of aromatic nitrogens is 3. The third-order valence-corrected chi connectivity index (χ3v) is 9.02. The van der Waals surface area contributed by atoms with Gasteiger partial charge in [-0.3, -0.25) is 4.98 Å². The Kier molecular flexibility index (Phi) is 6.78. The third-order valence-electron chi connectivity index (χ3n) is 9.02. The molecule has 1 aliphatic heterocycles. The number of piperidine rings is 1. The van der Waals surface area contributed by atoms with E-state index in [1.807, 2.05) is 24.3 Å². The van der Waals surface area contributed by atoms with Gasteiger partial charge >= 0.3 is 0 Å². The third kappa shape index (κ3) is 4.76. The summed E-state index contributed by atoms with van der Waals surface area (Å²) in [5, 5.41) is 2.44. The number of rotatable bonds is 7. The summed E-state index contributed by atoms with van der Waals surface area (Å²) in [7, 11) is 1.56. The van der Waals surface area contributed by atoms with Crippen molar-refractivity contribution in [1.82, 2.24) is 15.0 Å². The SMILES string of the molecule is CCc1cccc2cc(OCOC)cc(-c3ncc4c(N5CC6CCC(C6)C5)nc(C#CC5(C=O)CC5)nc4c3F)c12. The van der Waals surface area contributed by atoms with Crippen molar-refractivity contribution < 1.29 is 18.7 Å². The number of anilines is 1. The lowest BCUT2D eigenvalue weighted by Gasteiger charge is -2.33. The number of methoxy groups -OCH3 is 1. The van der Waals surface area contributed by atoms with E-state index >= 15 is 4.39 Å². The van der Waals surface area contributed by atoms with Gasteiger partial charge in [-0.05, 0) is 84.7 Å². The molecule has 2 saturated carbocycles. The number of aldehydes is 1. The minimum atomic E-state index is -0.622. The maximum absolute atomic E-state index is 16.8. The molecule has 2 bridgehead atoms. The fourth-order valence-electron chi connectivity index (χ4n) is 6.66. The largest absolute Gasteiger partial charge is 0.468 e. The van der Waals surface area contributed by atoms with Crippen molar-refractivity contribution in [3.8, 4) is 28.8 Å². The summed E-state index contributed by atoms with van der Waals surface area (Å²) < 4.78 is 27.7. The monoisotopic (exact) mass is 564 g/mol. The maximum Gasteiger partial charge on any atom is 0.207 e. The van der Waals surface area contributed by atoms with Crippen molar-refractivity contribution in [3.63, 3.8) is 0 Å². The van der Waals surface area contributed by atoms with E-state index in [9.17, 15) is 4.79 Å². The molecule has 3 fully saturated rings. The van der Waals surface area contributed by atoms with Crippen molar-refractivity contribution >= 4 is 33.8 Å². The number of carbonyl (C=O) groups is 1. The zero-order chi connectivity index (χ0) is 28.8. The van der Waals surface area contributed by atoms with Crippen LogP contribution in [-0.2, 0) is 16.0 Å². The van der Waals surface area contributed by atoms with Gasteiger partial charge in [0.15, 0.2) is 12.6 Å². The number of hydrogen-bond donors (Lipinski definition) is 0. The first kappa shape index (κ1) is 26.8. The Labute approximate surface area is 244 Å². The molecule has 2 aromatic carbocycles. The van der Waals surface area contributed by atoms with E-state index in [4.69, 9.17) is 19.4 Å². The number of fused-ring (bicyclic) bond motifs is 4. The Morgan fingerprint density at radius 3 is 2.69 bits per heavy atom. The minimum absolute atomic E-state index is 0.0742. The highest BCUT2D eigenvalue weighted by atomic mass is 19.1. The van der Waals surface area contributed by atoms with Crippen molar-refractivity contribution in [1.29, 1.82) is 0 Å². The summed E-state index contributed by atoms with van der Waals surface area (Å²) in [5.41, 5.74) is 1.49. The number of pyridine rings is 1. The van der Waals surface area contributed by atoms with Gasteiger partial charge in [0.25, 0.3) is 0 Å². The van der Waals surface area contributed by atoms with E-state index in [-0.39, 0.29) is 23.8 Å². The van der Waals surface area contributed by atoms with Crippen LogP contribution in [0.25, 0.3) is 32.9 Å². The second-order valence-electron chi connectivity index (χ2n) is 11.9. The Hall–Kier alpha value is -4.09. The highest BCUT2D eigenvalue weighted by molar-refractivity contribution is 6.01. The average molecular weight is 565 g/mol. The van der Waals surface area contributed by atoms with Gasteiger partial charge in [0.1, 0.15) is 29.1 Å². The molecule has 0 spiro atoms. The van der Waals surface area contributed by atoms with Crippen LogP contribution in [0.3, 0.4) is 0 Å². The van der Waals surface area contributed by atoms with Gasteiger partial charge in [-0.15, -0.1) is 0 Å². The summed E-state index contributed by atoms with van der Waals surface area (Å²) in [6.07, 6.45) is 8.51. The van der Waals surface area contributed by atoms with E-state index in [0.717, 1.165) is 55.0 Å². The van der Waals surface area contributed by atoms with Crippen LogP contribution in [-0.4, -0.2) is 48.2 Å². The van der Waals surface area contributed by atoms with Crippen LogP contribution >= 0.6 is 0 Å². The van der Waals surface area contributed by atoms with Crippen LogP contribution in [0, 0.1) is 34.9 Å². The number of ether oxygens (including phenoxy) is 2. The van der Waals surface area contributed by atoms with Gasteiger partial charge in [0, 0.05) is 32.0 Å². The molecule has 3 aliphatic rings. The molecule has 0 N–H and O–H groups in total. The van der Waals surface area contributed by atoms with Gasteiger partial charge in [-0.1, -0.05) is 31.0 Å². The second kappa shape index (κ2) is 10.6. The topological polar surface area (TPSA) is 77.4 Å².